The minimum Gasteiger partial charge on any atom is -0.496 e. The molecule has 2 aromatic carbocycles. The maximum Gasteiger partial charge on any atom is 0.275 e. The molecule has 0 bridgehead atoms. The van der Waals surface area contributed by atoms with Crippen molar-refractivity contribution in [3.8, 4) is 5.75 Å². The molecule has 0 unspecified atom stereocenters. The Kier molecular flexibility index (Phi) is 5.61. The first-order valence-electron chi connectivity index (χ1n) is 7.86. The molecule has 1 amide bonds. The summed E-state index contributed by atoms with van der Waals surface area (Å²) in [4.78, 5) is 16.6. The number of amides is 1. The second-order valence-electron chi connectivity index (χ2n) is 5.35. The molecule has 0 aliphatic heterocycles. The lowest BCUT2D eigenvalue weighted by Crippen LogP contribution is -2.21. The maximum absolute atomic E-state index is 12.6. The molecule has 0 aliphatic rings. The molecule has 1 heterocycles. The number of hydrazone groups is 1. The smallest absolute Gasteiger partial charge is 0.275 e. The Balaban J connectivity index is 1.95. The van der Waals surface area contributed by atoms with Crippen LogP contribution in [0.1, 0.15) is 21.5 Å². The molecular weight excluding hydrogens is 350 g/mol. The fourth-order valence-corrected chi connectivity index (χ4v) is 2.60. The van der Waals surface area contributed by atoms with E-state index in [-0.39, 0.29) is 0 Å². The van der Waals surface area contributed by atoms with Gasteiger partial charge in [0.05, 0.1) is 18.4 Å². The Bertz CT molecular complexity index is 887. The van der Waals surface area contributed by atoms with E-state index in [2.05, 4.69) is 15.5 Å². The predicted molar refractivity (Wildman–Crippen MR) is 102 cm³/mol. The van der Waals surface area contributed by atoms with Gasteiger partial charge in [0, 0.05) is 28.5 Å². The summed E-state index contributed by atoms with van der Waals surface area (Å²) in [6, 6.07) is 18.1. The van der Waals surface area contributed by atoms with Crippen LogP contribution in [0.15, 0.2) is 78.2 Å². The number of ether oxygens (including phenoxy) is 1. The van der Waals surface area contributed by atoms with Crippen molar-refractivity contribution >= 4 is 23.2 Å². The summed E-state index contributed by atoms with van der Waals surface area (Å²) in [5.74, 6) is 0.0131. The lowest BCUT2D eigenvalue weighted by atomic mass is 10.0. The summed E-state index contributed by atoms with van der Waals surface area (Å²) in [6.07, 6.45) is 3.35. The lowest BCUT2D eigenvalue weighted by molar-refractivity contribution is 0.0952. The number of aromatic nitrogens is 1. The Labute approximate surface area is 156 Å². The van der Waals surface area contributed by atoms with Gasteiger partial charge in [0.2, 0.25) is 0 Å². The van der Waals surface area contributed by atoms with Crippen molar-refractivity contribution in [3.63, 3.8) is 0 Å². The normalized spacial score (nSPS) is 11.1. The topological polar surface area (TPSA) is 63.6 Å². The molecule has 0 saturated carbocycles. The van der Waals surface area contributed by atoms with Crippen LogP contribution in [-0.4, -0.2) is 23.7 Å². The summed E-state index contributed by atoms with van der Waals surface area (Å²) in [5.41, 5.74) is 5.24. The highest BCUT2D eigenvalue weighted by Crippen LogP contribution is 2.22. The molecule has 6 heteroatoms. The van der Waals surface area contributed by atoms with Gasteiger partial charge in [0.1, 0.15) is 5.75 Å². The second kappa shape index (κ2) is 8.27. The van der Waals surface area contributed by atoms with E-state index in [1.165, 1.54) is 7.11 Å². The van der Waals surface area contributed by atoms with Crippen LogP contribution >= 0.6 is 11.6 Å². The minimum atomic E-state index is -0.410. The number of benzene rings is 2. The summed E-state index contributed by atoms with van der Waals surface area (Å²) >= 11 is 5.99. The van der Waals surface area contributed by atoms with Crippen LogP contribution in [0.3, 0.4) is 0 Å². The number of methoxy groups -OCH3 is 1. The van der Waals surface area contributed by atoms with Crippen molar-refractivity contribution in [1.29, 1.82) is 0 Å². The van der Waals surface area contributed by atoms with Gasteiger partial charge >= 0.3 is 0 Å². The van der Waals surface area contributed by atoms with E-state index in [0.29, 0.717) is 22.0 Å². The van der Waals surface area contributed by atoms with Gasteiger partial charge in [-0.15, -0.1) is 0 Å². The van der Waals surface area contributed by atoms with E-state index in [9.17, 15) is 4.79 Å². The number of halogens is 1. The predicted octanol–water partition coefficient (Wildman–Crippen LogP) is 3.93. The fraction of sp³-hybridized carbons (Fsp3) is 0.0500. The van der Waals surface area contributed by atoms with Crippen molar-refractivity contribution < 1.29 is 9.53 Å². The van der Waals surface area contributed by atoms with Crippen molar-refractivity contribution in [2.75, 3.05) is 7.11 Å². The van der Waals surface area contributed by atoms with E-state index < -0.39 is 5.91 Å². The lowest BCUT2D eigenvalue weighted by Gasteiger charge is -2.10. The van der Waals surface area contributed by atoms with Gasteiger partial charge in [0.15, 0.2) is 0 Å². The standard InChI is InChI=1S/C20H16ClN3O2/c1-26-18-8-7-16(21)13-17(18)20(25)24-23-19(14-5-3-2-4-6-14)15-9-11-22-12-10-15/h2-13H,1H3,(H,24,25)/b23-19+. The number of carbonyl (C=O) groups is 1. The van der Waals surface area contributed by atoms with Crippen molar-refractivity contribution in [1.82, 2.24) is 10.4 Å². The first kappa shape index (κ1) is 17.6. The first-order chi connectivity index (χ1) is 12.7. The molecule has 0 fully saturated rings. The van der Waals surface area contributed by atoms with E-state index in [0.717, 1.165) is 11.1 Å². The quantitative estimate of drug-likeness (QED) is 0.550. The van der Waals surface area contributed by atoms with Crippen molar-refractivity contribution in [3.05, 3.63) is 94.8 Å². The van der Waals surface area contributed by atoms with E-state index in [1.807, 2.05) is 42.5 Å². The van der Waals surface area contributed by atoms with Crippen LogP contribution in [0, 0.1) is 0 Å². The van der Waals surface area contributed by atoms with Crippen LogP contribution in [0.4, 0.5) is 0 Å². The van der Waals surface area contributed by atoms with E-state index >= 15 is 0 Å². The minimum absolute atomic E-state index is 0.311. The highest BCUT2D eigenvalue weighted by Gasteiger charge is 2.14. The van der Waals surface area contributed by atoms with Gasteiger partial charge in [0.25, 0.3) is 5.91 Å². The first-order valence-corrected chi connectivity index (χ1v) is 8.24. The third-order valence-corrected chi connectivity index (χ3v) is 3.91. The Hall–Kier alpha value is -3.18. The van der Waals surface area contributed by atoms with Crippen LogP contribution < -0.4 is 10.2 Å². The van der Waals surface area contributed by atoms with Gasteiger partial charge < -0.3 is 4.74 Å². The summed E-state index contributed by atoms with van der Waals surface area (Å²) in [6.45, 7) is 0. The van der Waals surface area contributed by atoms with Gasteiger partial charge in [-0.2, -0.15) is 5.10 Å². The number of hydrogen-bond acceptors (Lipinski definition) is 4. The Morgan fingerprint density at radius 1 is 1.04 bits per heavy atom. The number of nitrogens with zero attached hydrogens (tertiary/aromatic N) is 2. The molecule has 0 spiro atoms. The highest BCUT2D eigenvalue weighted by molar-refractivity contribution is 6.31. The third-order valence-electron chi connectivity index (χ3n) is 3.68. The molecule has 26 heavy (non-hydrogen) atoms. The fourth-order valence-electron chi connectivity index (χ4n) is 2.43. The monoisotopic (exact) mass is 365 g/mol. The highest BCUT2D eigenvalue weighted by atomic mass is 35.5. The molecule has 3 rings (SSSR count). The van der Waals surface area contributed by atoms with E-state index in [1.54, 1.807) is 30.6 Å². The zero-order valence-corrected chi connectivity index (χ0v) is 14.8. The Morgan fingerprint density at radius 2 is 1.73 bits per heavy atom. The van der Waals surface area contributed by atoms with Crippen LogP contribution in [0.2, 0.25) is 5.02 Å². The molecule has 0 atom stereocenters. The summed E-state index contributed by atoms with van der Waals surface area (Å²) in [7, 11) is 1.50. The van der Waals surface area contributed by atoms with Crippen molar-refractivity contribution in [2.45, 2.75) is 0 Å². The summed E-state index contributed by atoms with van der Waals surface area (Å²) in [5, 5.41) is 4.78. The number of rotatable bonds is 5. The second-order valence-corrected chi connectivity index (χ2v) is 5.78. The number of carbonyl (C=O) groups excluding carboxylic acids is 1. The number of nitrogens with one attached hydrogen (secondary N) is 1. The molecule has 130 valence electrons. The van der Waals surface area contributed by atoms with Gasteiger partial charge in [-0.25, -0.2) is 5.43 Å². The average Bonchev–Trinajstić information content (AvgIpc) is 2.69. The van der Waals surface area contributed by atoms with Gasteiger partial charge in [-0.05, 0) is 30.3 Å². The molecule has 0 aliphatic carbocycles. The zero-order valence-electron chi connectivity index (χ0n) is 14.0. The molecular formula is C20H16ClN3O2. The van der Waals surface area contributed by atoms with Gasteiger partial charge in [-0.1, -0.05) is 41.9 Å². The molecule has 1 N–H and O–H groups in total. The third kappa shape index (κ3) is 4.07. The zero-order chi connectivity index (χ0) is 18.4. The van der Waals surface area contributed by atoms with E-state index in [4.69, 9.17) is 16.3 Å². The number of hydrogen-bond donors (Lipinski definition) is 1. The van der Waals surface area contributed by atoms with Crippen LogP contribution in [0.5, 0.6) is 5.75 Å². The van der Waals surface area contributed by atoms with Gasteiger partial charge in [-0.3, -0.25) is 9.78 Å². The van der Waals surface area contributed by atoms with Crippen LogP contribution in [0.25, 0.3) is 0 Å². The maximum atomic E-state index is 12.6. The van der Waals surface area contributed by atoms with Crippen LogP contribution in [-0.2, 0) is 0 Å². The average molecular weight is 366 g/mol. The largest absolute Gasteiger partial charge is 0.496 e. The molecule has 0 saturated heterocycles. The molecule has 0 radical (unpaired) electrons. The number of pyridine rings is 1. The van der Waals surface area contributed by atoms with Crippen molar-refractivity contribution in [2.24, 2.45) is 5.10 Å². The SMILES string of the molecule is COc1ccc(Cl)cc1C(=O)N/N=C(\c1ccccc1)c1ccncc1. The summed E-state index contributed by atoms with van der Waals surface area (Å²) < 4.78 is 5.22. The molecule has 1 aromatic heterocycles. The molecule has 3 aromatic rings. The molecule has 5 nitrogen and oxygen atoms in total. The Morgan fingerprint density at radius 3 is 2.42 bits per heavy atom.